The zero-order chi connectivity index (χ0) is 22.9. The number of nitrogens with zero attached hydrogens (tertiary/aromatic N) is 3. The van der Waals surface area contributed by atoms with Crippen molar-refractivity contribution in [3.63, 3.8) is 0 Å². The molecule has 2 aliphatic heterocycles. The third-order valence-corrected chi connectivity index (χ3v) is 6.82. The van der Waals surface area contributed by atoms with Gasteiger partial charge in [0.15, 0.2) is 0 Å². The molecule has 1 aromatic carbocycles. The molecule has 9 nitrogen and oxygen atoms in total. The predicted octanol–water partition coefficient (Wildman–Crippen LogP) is 1.86. The second-order valence-electron chi connectivity index (χ2n) is 9.44. The summed E-state index contributed by atoms with van der Waals surface area (Å²) in [7, 11) is 0. The Labute approximate surface area is 188 Å². The highest BCUT2D eigenvalue weighted by Gasteiger charge is 2.57. The van der Waals surface area contributed by atoms with Gasteiger partial charge in [-0.1, -0.05) is 18.2 Å². The van der Waals surface area contributed by atoms with Crippen LogP contribution in [0.15, 0.2) is 30.3 Å². The van der Waals surface area contributed by atoms with Crippen molar-refractivity contribution in [2.45, 2.75) is 45.3 Å². The van der Waals surface area contributed by atoms with Gasteiger partial charge in [0.05, 0.1) is 12.0 Å². The van der Waals surface area contributed by atoms with E-state index in [0.717, 1.165) is 18.5 Å². The third-order valence-electron chi connectivity index (χ3n) is 6.82. The molecule has 9 heteroatoms. The molecule has 174 valence electrons. The fourth-order valence-electron chi connectivity index (χ4n) is 4.94. The maximum atomic E-state index is 13.7. The number of piperidine rings is 1. The van der Waals surface area contributed by atoms with E-state index < -0.39 is 24.0 Å². The van der Waals surface area contributed by atoms with Gasteiger partial charge in [0, 0.05) is 38.4 Å². The van der Waals surface area contributed by atoms with Crippen LogP contribution in [0, 0.1) is 11.3 Å². The molecule has 3 fully saturated rings. The molecule has 3 amide bonds. The molecule has 2 atom stereocenters. The largest absolute Gasteiger partial charge is 0.447 e. The molecule has 3 aliphatic rings. The van der Waals surface area contributed by atoms with Crippen molar-refractivity contribution in [1.29, 1.82) is 0 Å². The fraction of sp³-hybridized carbons (Fsp3) is 0.609. The second-order valence-corrected chi connectivity index (χ2v) is 9.44. The molecular formula is C23H32N4O5. The number of anilines is 1. The number of benzene rings is 1. The topological polar surface area (TPSA) is 102 Å². The first-order valence-electron chi connectivity index (χ1n) is 11.3. The summed E-state index contributed by atoms with van der Waals surface area (Å²) in [5.41, 5.74) is 2.65. The van der Waals surface area contributed by atoms with Crippen molar-refractivity contribution in [3.05, 3.63) is 30.3 Å². The number of ether oxygens (including phenoxy) is 1. The minimum atomic E-state index is -0.983. The van der Waals surface area contributed by atoms with Gasteiger partial charge < -0.3 is 14.5 Å². The Hall–Kier alpha value is -2.81. The molecule has 4 rings (SSSR count). The van der Waals surface area contributed by atoms with Crippen molar-refractivity contribution in [1.82, 2.24) is 15.3 Å². The third kappa shape index (κ3) is 4.53. The highest BCUT2D eigenvalue weighted by molar-refractivity contribution is 5.93. The van der Waals surface area contributed by atoms with E-state index in [9.17, 15) is 19.6 Å². The highest BCUT2D eigenvalue weighted by atomic mass is 16.6. The second kappa shape index (κ2) is 8.97. The van der Waals surface area contributed by atoms with E-state index in [2.05, 4.69) is 4.90 Å². The predicted molar refractivity (Wildman–Crippen MR) is 117 cm³/mol. The number of hydrogen-bond donors (Lipinski definition) is 2. The standard InChI is InChI=1S/C23H32N4O5/c1-16(2)32-22(30)27-15-23(8-9-23)14-18(20(28)24-31)19(27)21(29)26-12-10-25(11-13-26)17-6-4-3-5-7-17/h3-7,16,18-19,31H,8-15H2,1-2H3,(H,24,28). The minimum absolute atomic E-state index is 0.171. The average molecular weight is 445 g/mol. The molecule has 1 spiro atoms. The molecule has 2 unspecified atom stereocenters. The van der Waals surface area contributed by atoms with Gasteiger partial charge in [0.25, 0.3) is 0 Å². The van der Waals surface area contributed by atoms with Gasteiger partial charge in [-0.2, -0.15) is 0 Å². The van der Waals surface area contributed by atoms with E-state index in [0.29, 0.717) is 39.1 Å². The van der Waals surface area contributed by atoms with Gasteiger partial charge in [-0.25, -0.2) is 10.3 Å². The summed E-state index contributed by atoms with van der Waals surface area (Å²) in [4.78, 5) is 44.6. The normalized spacial score (nSPS) is 24.4. The number of piperazine rings is 1. The van der Waals surface area contributed by atoms with Crippen molar-refractivity contribution in [2.24, 2.45) is 11.3 Å². The first-order chi connectivity index (χ1) is 15.3. The van der Waals surface area contributed by atoms with E-state index in [1.165, 1.54) is 4.90 Å². The maximum Gasteiger partial charge on any atom is 0.410 e. The Morgan fingerprint density at radius 2 is 1.75 bits per heavy atom. The first-order valence-corrected chi connectivity index (χ1v) is 11.3. The summed E-state index contributed by atoms with van der Waals surface area (Å²) in [5.74, 6) is -1.70. The van der Waals surface area contributed by atoms with E-state index in [1.54, 1.807) is 24.2 Å². The molecule has 0 bridgehead atoms. The van der Waals surface area contributed by atoms with Crippen molar-refractivity contribution in [2.75, 3.05) is 37.6 Å². The summed E-state index contributed by atoms with van der Waals surface area (Å²) in [6, 6.07) is 9.04. The molecule has 1 aromatic rings. The van der Waals surface area contributed by atoms with Gasteiger partial charge in [0.1, 0.15) is 6.04 Å². The van der Waals surface area contributed by atoms with Crippen LogP contribution in [0.3, 0.4) is 0 Å². The fourth-order valence-corrected chi connectivity index (χ4v) is 4.94. The summed E-state index contributed by atoms with van der Waals surface area (Å²) < 4.78 is 5.43. The molecule has 1 saturated carbocycles. The van der Waals surface area contributed by atoms with E-state index >= 15 is 0 Å². The van der Waals surface area contributed by atoms with Crippen LogP contribution in [-0.2, 0) is 14.3 Å². The maximum absolute atomic E-state index is 13.7. The lowest BCUT2D eigenvalue weighted by molar-refractivity contribution is -0.150. The number of hydroxylamine groups is 1. The average Bonchev–Trinajstić information content (AvgIpc) is 3.56. The summed E-state index contributed by atoms with van der Waals surface area (Å²) in [5, 5.41) is 9.35. The van der Waals surface area contributed by atoms with Crippen LogP contribution in [0.2, 0.25) is 0 Å². The Kier molecular flexibility index (Phi) is 6.28. The minimum Gasteiger partial charge on any atom is -0.447 e. The number of carbonyl (C=O) groups is 3. The molecule has 32 heavy (non-hydrogen) atoms. The first kappa shape index (κ1) is 22.4. The Morgan fingerprint density at radius 3 is 2.31 bits per heavy atom. The van der Waals surface area contributed by atoms with Crippen molar-refractivity contribution < 1.29 is 24.3 Å². The van der Waals surface area contributed by atoms with Crippen LogP contribution in [0.25, 0.3) is 0 Å². The molecular weight excluding hydrogens is 412 g/mol. The smallest absolute Gasteiger partial charge is 0.410 e. The molecule has 0 radical (unpaired) electrons. The number of rotatable bonds is 4. The molecule has 2 N–H and O–H groups in total. The number of hydrogen-bond acceptors (Lipinski definition) is 6. The van der Waals surface area contributed by atoms with Crippen molar-refractivity contribution >= 4 is 23.6 Å². The molecule has 2 saturated heterocycles. The van der Waals surface area contributed by atoms with E-state index in [4.69, 9.17) is 4.74 Å². The SMILES string of the molecule is CC(C)OC(=O)N1CC2(CC2)CC(C(=O)NO)C1C(=O)N1CCN(c2ccccc2)CC1. The van der Waals surface area contributed by atoms with Crippen LogP contribution >= 0.6 is 0 Å². The highest BCUT2D eigenvalue weighted by Crippen LogP contribution is 2.55. The lowest BCUT2D eigenvalue weighted by Gasteiger charge is -2.45. The monoisotopic (exact) mass is 444 g/mol. The van der Waals surface area contributed by atoms with Crippen LogP contribution in [0.1, 0.15) is 33.1 Å². The summed E-state index contributed by atoms with van der Waals surface area (Å²) in [6.45, 7) is 6.23. The number of likely N-dealkylation sites (tertiary alicyclic amines) is 1. The van der Waals surface area contributed by atoms with Gasteiger partial charge in [0.2, 0.25) is 11.8 Å². The lowest BCUT2D eigenvalue weighted by Crippen LogP contribution is -2.63. The Morgan fingerprint density at radius 1 is 1.09 bits per heavy atom. The van der Waals surface area contributed by atoms with Gasteiger partial charge in [-0.3, -0.25) is 19.7 Å². The number of nitrogens with one attached hydrogen (secondary N) is 1. The van der Waals surface area contributed by atoms with E-state index in [-0.39, 0.29) is 17.4 Å². The van der Waals surface area contributed by atoms with Gasteiger partial charge >= 0.3 is 6.09 Å². The quantitative estimate of drug-likeness (QED) is 0.543. The lowest BCUT2D eigenvalue weighted by atomic mass is 9.80. The summed E-state index contributed by atoms with van der Waals surface area (Å²) in [6.07, 6.45) is 1.35. The van der Waals surface area contributed by atoms with Crippen LogP contribution in [0.4, 0.5) is 10.5 Å². The zero-order valence-corrected chi connectivity index (χ0v) is 18.7. The van der Waals surface area contributed by atoms with Crippen molar-refractivity contribution in [3.8, 4) is 0 Å². The Bertz CT molecular complexity index is 849. The van der Waals surface area contributed by atoms with Crippen LogP contribution in [0.5, 0.6) is 0 Å². The zero-order valence-electron chi connectivity index (χ0n) is 18.7. The number of carbonyl (C=O) groups excluding carboxylic acids is 3. The number of para-hydroxylation sites is 1. The van der Waals surface area contributed by atoms with Crippen LogP contribution < -0.4 is 10.4 Å². The van der Waals surface area contributed by atoms with E-state index in [1.807, 2.05) is 30.3 Å². The van der Waals surface area contributed by atoms with Crippen LogP contribution in [-0.4, -0.2) is 77.8 Å². The molecule has 2 heterocycles. The Balaban J connectivity index is 1.53. The molecule has 1 aliphatic carbocycles. The number of amides is 3. The van der Waals surface area contributed by atoms with Gasteiger partial charge in [-0.05, 0) is 50.7 Å². The summed E-state index contributed by atoms with van der Waals surface area (Å²) >= 11 is 0. The molecule has 0 aromatic heterocycles. The van der Waals surface area contributed by atoms with Gasteiger partial charge in [-0.15, -0.1) is 0 Å².